The zero-order valence-corrected chi connectivity index (χ0v) is 9.74. The van der Waals surface area contributed by atoms with Crippen molar-refractivity contribution in [2.45, 2.75) is 44.8 Å². The van der Waals surface area contributed by atoms with Crippen molar-refractivity contribution in [3.8, 4) is 0 Å². The molecule has 4 heteroatoms. The van der Waals surface area contributed by atoms with Crippen molar-refractivity contribution in [3.05, 3.63) is 0 Å². The summed E-state index contributed by atoms with van der Waals surface area (Å²) in [7, 11) is 1.72. The molecule has 1 rings (SSSR count). The molecule has 0 aromatic heterocycles. The highest BCUT2D eigenvalue weighted by Gasteiger charge is 2.29. The average molecular weight is 214 g/mol. The number of carbonyl (C=O) groups is 1. The Morgan fingerprint density at radius 2 is 2.33 bits per heavy atom. The van der Waals surface area contributed by atoms with Crippen LogP contribution in [0.15, 0.2) is 0 Å². The Morgan fingerprint density at radius 3 is 2.87 bits per heavy atom. The topological polar surface area (TPSA) is 55.6 Å². The Morgan fingerprint density at radius 1 is 1.60 bits per heavy atom. The number of hydrogen-bond donors (Lipinski definition) is 1. The molecule has 88 valence electrons. The highest BCUT2D eigenvalue weighted by molar-refractivity contribution is 5.76. The summed E-state index contributed by atoms with van der Waals surface area (Å²) < 4.78 is 5.32. The van der Waals surface area contributed by atoms with Gasteiger partial charge in [-0.3, -0.25) is 4.79 Å². The number of piperidine rings is 1. The highest BCUT2D eigenvalue weighted by atomic mass is 16.5. The normalized spacial score (nSPS) is 26.7. The molecule has 0 aromatic rings. The zero-order chi connectivity index (χ0) is 11.3. The number of nitrogens with two attached hydrogens (primary N) is 1. The SMILES string of the molecule is CCCC(=O)N1CCC(OC)CC1CN. The molecule has 1 heterocycles. The number of ether oxygens (including phenoxy) is 1. The van der Waals surface area contributed by atoms with Gasteiger partial charge in [0.05, 0.1) is 6.10 Å². The number of likely N-dealkylation sites (tertiary alicyclic amines) is 1. The second kappa shape index (κ2) is 6.08. The summed E-state index contributed by atoms with van der Waals surface area (Å²) >= 11 is 0. The third-order valence-electron chi connectivity index (χ3n) is 3.06. The van der Waals surface area contributed by atoms with Crippen molar-refractivity contribution in [3.63, 3.8) is 0 Å². The van der Waals surface area contributed by atoms with E-state index in [0.29, 0.717) is 13.0 Å². The first kappa shape index (κ1) is 12.5. The second-order valence-electron chi connectivity index (χ2n) is 4.11. The van der Waals surface area contributed by atoms with E-state index in [1.807, 2.05) is 11.8 Å². The lowest BCUT2D eigenvalue weighted by molar-refractivity contribution is -0.136. The van der Waals surface area contributed by atoms with Crippen LogP contribution in [0, 0.1) is 0 Å². The van der Waals surface area contributed by atoms with Gasteiger partial charge in [-0.15, -0.1) is 0 Å². The van der Waals surface area contributed by atoms with Crippen LogP contribution >= 0.6 is 0 Å². The summed E-state index contributed by atoms with van der Waals surface area (Å²) in [5.74, 6) is 0.238. The van der Waals surface area contributed by atoms with Crippen LogP contribution in [0.2, 0.25) is 0 Å². The number of carbonyl (C=O) groups excluding carboxylic acids is 1. The molecule has 2 atom stereocenters. The highest BCUT2D eigenvalue weighted by Crippen LogP contribution is 2.20. The molecule has 2 unspecified atom stereocenters. The molecule has 1 amide bonds. The van der Waals surface area contributed by atoms with E-state index >= 15 is 0 Å². The second-order valence-corrected chi connectivity index (χ2v) is 4.11. The first-order chi connectivity index (χ1) is 7.22. The van der Waals surface area contributed by atoms with Gasteiger partial charge >= 0.3 is 0 Å². The number of amides is 1. The molecule has 0 bridgehead atoms. The van der Waals surface area contributed by atoms with E-state index in [9.17, 15) is 4.79 Å². The predicted octanol–water partition coefficient (Wildman–Crippen LogP) is 0.751. The van der Waals surface area contributed by atoms with E-state index in [0.717, 1.165) is 25.8 Å². The first-order valence-corrected chi connectivity index (χ1v) is 5.75. The van der Waals surface area contributed by atoms with Crippen molar-refractivity contribution < 1.29 is 9.53 Å². The largest absolute Gasteiger partial charge is 0.381 e. The number of nitrogens with zero attached hydrogens (tertiary/aromatic N) is 1. The minimum Gasteiger partial charge on any atom is -0.381 e. The van der Waals surface area contributed by atoms with Crippen LogP contribution in [-0.4, -0.2) is 43.2 Å². The quantitative estimate of drug-likeness (QED) is 0.751. The van der Waals surface area contributed by atoms with E-state index in [2.05, 4.69) is 0 Å². The molecule has 0 aromatic carbocycles. The van der Waals surface area contributed by atoms with Gasteiger partial charge in [0.1, 0.15) is 0 Å². The van der Waals surface area contributed by atoms with Crippen molar-refractivity contribution in [1.82, 2.24) is 4.90 Å². The summed E-state index contributed by atoms with van der Waals surface area (Å²) in [5, 5.41) is 0. The van der Waals surface area contributed by atoms with Gasteiger partial charge in [0.2, 0.25) is 5.91 Å². The van der Waals surface area contributed by atoms with Crippen LogP contribution in [-0.2, 0) is 9.53 Å². The molecule has 0 aliphatic carbocycles. The van der Waals surface area contributed by atoms with Gasteiger partial charge in [-0.2, -0.15) is 0 Å². The van der Waals surface area contributed by atoms with Crippen molar-refractivity contribution in [2.24, 2.45) is 5.73 Å². The van der Waals surface area contributed by atoms with E-state index in [4.69, 9.17) is 10.5 Å². The Hall–Kier alpha value is -0.610. The van der Waals surface area contributed by atoms with Crippen molar-refractivity contribution in [2.75, 3.05) is 20.2 Å². The third-order valence-corrected chi connectivity index (χ3v) is 3.06. The summed E-state index contributed by atoms with van der Waals surface area (Å²) in [5.41, 5.74) is 5.70. The molecule has 0 radical (unpaired) electrons. The molecule has 4 nitrogen and oxygen atoms in total. The maximum absolute atomic E-state index is 11.8. The summed E-state index contributed by atoms with van der Waals surface area (Å²) in [6.07, 6.45) is 3.61. The lowest BCUT2D eigenvalue weighted by atomic mass is 9.98. The van der Waals surface area contributed by atoms with Crippen molar-refractivity contribution in [1.29, 1.82) is 0 Å². The van der Waals surface area contributed by atoms with Gasteiger partial charge in [0.25, 0.3) is 0 Å². The molecular weight excluding hydrogens is 192 g/mol. The molecule has 1 aliphatic rings. The fraction of sp³-hybridized carbons (Fsp3) is 0.909. The molecule has 1 saturated heterocycles. The summed E-state index contributed by atoms with van der Waals surface area (Å²) in [6, 6.07) is 0.169. The number of hydrogen-bond acceptors (Lipinski definition) is 3. The molecule has 1 fully saturated rings. The van der Waals surface area contributed by atoms with Gasteiger partial charge in [0.15, 0.2) is 0 Å². The van der Waals surface area contributed by atoms with Gasteiger partial charge in [-0.25, -0.2) is 0 Å². The third kappa shape index (κ3) is 3.18. The molecule has 0 saturated carbocycles. The minimum absolute atomic E-state index is 0.169. The smallest absolute Gasteiger partial charge is 0.222 e. The van der Waals surface area contributed by atoms with Gasteiger partial charge < -0.3 is 15.4 Å². The molecular formula is C11H22N2O2. The van der Waals surface area contributed by atoms with Gasteiger partial charge in [0, 0.05) is 32.7 Å². The van der Waals surface area contributed by atoms with E-state index in [1.54, 1.807) is 7.11 Å². The maximum atomic E-state index is 11.8. The van der Waals surface area contributed by atoms with Crippen LogP contribution in [0.3, 0.4) is 0 Å². The van der Waals surface area contributed by atoms with Crippen LogP contribution in [0.4, 0.5) is 0 Å². The van der Waals surface area contributed by atoms with E-state index in [1.165, 1.54) is 0 Å². The zero-order valence-electron chi connectivity index (χ0n) is 9.74. The Balaban J connectivity index is 2.53. The van der Waals surface area contributed by atoms with Crippen LogP contribution in [0.25, 0.3) is 0 Å². The van der Waals surface area contributed by atoms with E-state index < -0.39 is 0 Å². The fourth-order valence-corrected chi connectivity index (χ4v) is 2.14. The lowest BCUT2D eigenvalue weighted by Crippen LogP contribution is -2.51. The van der Waals surface area contributed by atoms with E-state index in [-0.39, 0.29) is 18.1 Å². The average Bonchev–Trinajstić information content (AvgIpc) is 2.28. The summed E-state index contributed by atoms with van der Waals surface area (Å²) in [4.78, 5) is 13.7. The standard InChI is InChI=1S/C11H22N2O2/c1-3-4-11(14)13-6-5-10(15-2)7-9(13)8-12/h9-10H,3-8,12H2,1-2H3. The minimum atomic E-state index is 0.169. The number of methoxy groups -OCH3 is 1. The van der Waals surface area contributed by atoms with Crippen LogP contribution < -0.4 is 5.73 Å². The Kier molecular flexibility index (Phi) is 5.05. The van der Waals surface area contributed by atoms with Crippen LogP contribution in [0.1, 0.15) is 32.6 Å². The fourth-order valence-electron chi connectivity index (χ4n) is 2.14. The molecule has 15 heavy (non-hydrogen) atoms. The maximum Gasteiger partial charge on any atom is 0.222 e. The van der Waals surface area contributed by atoms with Gasteiger partial charge in [-0.1, -0.05) is 6.92 Å². The van der Waals surface area contributed by atoms with Crippen LogP contribution in [0.5, 0.6) is 0 Å². The first-order valence-electron chi connectivity index (χ1n) is 5.75. The predicted molar refractivity (Wildman–Crippen MR) is 59.5 cm³/mol. The lowest BCUT2D eigenvalue weighted by Gasteiger charge is -2.38. The Bertz CT molecular complexity index is 209. The van der Waals surface area contributed by atoms with Gasteiger partial charge in [-0.05, 0) is 19.3 Å². The summed E-state index contributed by atoms with van der Waals surface area (Å²) in [6.45, 7) is 3.35. The number of rotatable bonds is 4. The monoisotopic (exact) mass is 214 g/mol. The molecule has 2 N–H and O–H groups in total. The van der Waals surface area contributed by atoms with Crippen molar-refractivity contribution >= 4 is 5.91 Å². The molecule has 1 aliphatic heterocycles. The Labute approximate surface area is 91.8 Å². The molecule has 0 spiro atoms.